The summed E-state index contributed by atoms with van der Waals surface area (Å²) in [6.07, 6.45) is 1.40. The predicted molar refractivity (Wildman–Crippen MR) is 82.9 cm³/mol. The average molecular weight is 360 g/mol. The van der Waals surface area contributed by atoms with E-state index in [1.165, 1.54) is 0 Å². The van der Waals surface area contributed by atoms with Crippen LogP contribution in [0.5, 0.6) is 0 Å². The zero-order valence-corrected chi connectivity index (χ0v) is 13.6. The Morgan fingerprint density at radius 3 is 2.40 bits per heavy atom. The van der Waals surface area contributed by atoms with Gasteiger partial charge in [0.05, 0.1) is 12.0 Å². The number of methoxy groups -OCH3 is 1. The summed E-state index contributed by atoms with van der Waals surface area (Å²) in [5.41, 5.74) is -4.52. The smallest absolute Gasteiger partial charge is 0.343 e. The van der Waals surface area contributed by atoms with Crippen LogP contribution in [-0.2, 0) is 9.53 Å². The average Bonchev–Trinajstić information content (AvgIpc) is 2.58. The molecule has 0 aliphatic rings. The molecular formula is C15H15F3N2O5. The topological polar surface area (TPSA) is 102 Å². The summed E-state index contributed by atoms with van der Waals surface area (Å²) in [6, 6.07) is 0. The monoisotopic (exact) mass is 360 g/mol. The van der Waals surface area contributed by atoms with Gasteiger partial charge in [-0.3, -0.25) is 15.1 Å². The predicted octanol–water partition coefficient (Wildman–Crippen LogP) is 3.24. The minimum Gasteiger partial charge on any atom is -0.506 e. The number of aliphatic hydroxyl groups excluding tert-OH is 1. The van der Waals surface area contributed by atoms with Gasteiger partial charge in [0.2, 0.25) is 5.82 Å². The fourth-order valence-corrected chi connectivity index (χ4v) is 1.89. The molecule has 0 spiro atoms. The van der Waals surface area contributed by atoms with Crippen LogP contribution in [0.1, 0.15) is 24.5 Å². The molecule has 1 rings (SSSR count). The number of halogens is 3. The van der Waals surface area contributed by atoms with Crippen LogP contribution >= 0.6 is 0 Å². The van der Waals surface area contributed by atoms with Crippen molar-refractivity contribution >= 4 is 23.6 Å². The van der Waals surface area contributed by atoms with Gasteiger partial charge in [-0.25, -0.2) is 13.6 Å². The summed E-state index contributed by atoms with van der Waals surface area (Å²) in [5, 5.41) is 21.2. The van der Waals surface area contributed by atoms with Crippen molar-refractivity contribution in [1.29, 1.82) is 0 Å². The number of nitrogens with zero attached hydrogens (tertiary/aromatic N) is 2. The van der Waals surface area contributed by atoms with Crippen LogP contribution in [0, 0.1) is 34.5 Å². The highest BCUT2D eigenvalue weighted by Gasteiger charge is 2.35. The highest BCUT2D eigenvalue weighted by atomic mass is 19.2. The molecule has 10 heteroatoms. The molecule has 0 saturated heterocycles. The van der Waals surface area contributed by atoms with E-state index in [1.54, 1.807) is 6.92 Å². The lowest BCUT2D eigenvalue weighted by atomic mass is 10.0. The number of hydrogen-bond acceptors (Lipinski definition) is 6. The molecule has 0 heterocycles. The molecule has 0 radical (unpaired) electrons. The second-order valence-electron chi connectivity index (χ2n) is 4.84. The van der Waals surface area contributed by atoms with Crippen LogP contribution in [0.3, 0.4) is 0 Å². The summed E-state index contributed by atoms with van der Waals surface area (Å²) < 4.78 is 46.2. The molecule has 0 amide bonds. The van der Waals surface area contributed by atoms with Crippen molar-refractivity contribution < 1.29 is 32.7 Å². The summed E-state index contributed by atoms with van der Waals surface area (Å²) in [5.74, 6) is -7.76. The van der Waals surface area contributed by atoms with E-state index < -0.39 is 56.5 Å². The molecule has 0 fully saturated rings. The number of benzene rings is 1. The second kappa shape index (κ2) is 8.27. The highest BCUT2D eigenvalue weighted by molar-refractivity contribution is 6.15. The van der Waals surface area contributed by atoms with Crippen LogP contribution in [-0.4, -0.2) is 35.9 Å². The number of esters is 1. The maximum atomic E-state index is 14.3. The minimum absolute atomic E-state index is 0.231. The lowest BCUT2D eigenvalue weighted by molar-refractivity contribution is -0.388. The molecule has 0 saturated carbocycles. The lowest BCUT2D eigenvalue weighted by Gasteiger charge is -2.10. The van der Waals surface area contributed by atoms with Gasteiger partial charge in [0.25, 0.3) is 0 Å². The zero-order chi connectivity index (χ0) is 19.3. The van der Waals surface area contributed by atoms with Crippen LogP contribution in [0.25, 0.3) is 5.76 Å². The van der Waals surface area contributed by atoms with Gasteiger partial charge in [0.1, 0.15) is 22.7 Å². The van der Waals surface area contributed by atoms with Gasteiger partial charge in [0.15, 0.2) is 5.82 Å². The zero-order valence-electron chi connectivity index (χ0n) is 13.6. The molecule has 0 aliphatic carbocycles. The first-order valence-corrected chi connectivity index (χ1v) is 7.02. The number of aliphatic imine (C=N–C) groups is 1. The summed E-state index contributed by atoms with van der Waals surface area (Å²) in [7, 11) is 0.949. The molecule has 1 aromatic rings. The lowest BCUT2D eigenvalue weighted by Crippen LogP contribution is -2.13. The third-order valence-electron chi connectivity index (χ3n) is 3.17. The van der Waals surface area contributed by atoms with Crippen molar-refractivity contribution in [2.45, 2.75) is 20.3 Å². The Bertz CT molecular complexity index is 775. The molecule has 0 aliphatic heterocycles. The second-order valence-corrected chi connectivity index (χ2v) is 4.84. The van der Waals surface area contributed by atoms with Crippen LogP contribution in [0.4, 0.5) is 18.9 Å². The van der Waals surface area contributed by atoms with Gasteiger partial charge in [-0.2, -0.15) is 4.39 Å². The normalized spacial score (nSPS) is 12.2. The number of ether oxygens (including phenoxy) is 1. The van der Waals surface area contributed by atoms with E-state index in [4.69, 9.17) is 0 Å². The summed E-state index contributed by atoms with van der Waals surface area (Å²) >= 11 is 0. The minimum atomic E-state index is -1.96. The van der Waals surface area contributed by atoms with E-state index in [9.17, 15) is 33.2 Å². The molecule has 1 N–H and O–H groups in total. The van der Waals surface area contributed by atoms with Crippen molar-refractivity contribution in [3.05, 3.63) is 44.3 Å². The number of hydrogen-bond donors (Lipinski definition) is 1. The Balaban J connectivity index is 3.86. The van der Waals surface area contributed by atoms with Gasteiger partial charge in [-0.05, 0) is 13.3 Å². The number of rotatable bonds is 6. The Morgan fingerprint density at radius 2 is 1.92 bits per heavy atom. The van der Waals surface area contributed by atoms with Crippen molar-refractivity contribution in [3.63, 3.8) is 0 Å². The van der Waals surface area contributed by atoms with E-state index >= 15 is 0 Å². The fraction of sp³-hybridized carbons (Fsp3) is 0.333. The van der Waals surface area contributed by atoms with Gasteiger partial charge in [0, 0.05) is 18.3 Å². The van der Waals surface area contributed by atoms with Crippen molar-refractivity contribution in [1.82, 2.24) is 0 Å². The van der Waals surface area contributed by atoms with Gasteiger partial charge in [-0.1, -0.05) is 6.92 Å². The van der Waals surface area contributed by atoms with E-state index in [0.717, 1.165) is 20.2 Å². The maximum absolute atomic E-state index is 14.3. The Kier molecular flexibility index (Phi) is 6.66. The number of nitro groups is 1. The summed E-state index contributed by atoms with van der Waals surface area (Å²) in [6.45, 7) is 2.83. The Labute approximate surface area is 140 Å². The maximum Gasteiger partial charge on any atom is 0.343 e. The van der Waals surface area contributed by atoms with E-state index in [-0.39, 0.29) is 6.54 Å². The van der Waals surface area contributed by atoms with Gasteiger partial charge in [-0.15, -0.1) is 0 Å². The molecular weight excluding hydrogens is 345 g/mol. The highest BCUT2D eigenvalue weighted by Crippen LogP contribution is 2.35. The molecule has 0 atom stereocenters. The van der Waals surface area contributed by atoms with Gasteiger partial charge >= 0.3 is 11.7 Å². The number of carbonyl (C=O) groups is 1. The third kappa shape index (κ3) is 3.95. The Hall–Kier alpha value is -2.91. The van der Waals surface area contributed by atoms with Crippen LogP contribution < -0.4 is 0 Å². The number of nitro benzene ring substituents is 1. The van der Waals surface area contributed by atoms with E-state index in [1.807, 2.05) is 0 Å². The quantitative estimate of drug-likeness (QED) is 0.160. The molecule has 25 heavy (non-hydrogen) atoms. The molecule has 136 valence electrons. The first-order chi connectivity index (χ1) is 11.7. The number of carbonyl (C=O) groups excluding carboxylic acids is 1. The number of aliphatic hydroxyl groups is 1. The van der Waals surface area contributed by atoms with Crippen molar-refractivity contribution in [3.8, 4) is 0 Å². The fourth-order valence-electron chi connectivity index (χ4n) is 1.89. The molecule has 0 bridgehead atoms. The third-order valence-corrected chi connectivity index (χ3v) is 3.17. The molecule has 0 aromatic heterocycles. The first kappa shape index (κ1) is 20.1. The first-order valence-electron chi connectivity index (χ1n) is 7.02. The largest absolute Gasteiger partial charge is 0.506 e. The summed E-state index contributed by atoms with van der Waals surface area (Å²) in [4.78, 5) is 25.2. The van der Waals surface area contributed by atoms with E-state index in [0.29, 0.717) is 6.42 Å². The standard InChI is InChI=1S/C15H15F3N2O5/c1-4-5-19-6-8(15(22)25-3)14(21)9-10(16)7(2)11(17)12(18)13(9)20(23)24/h6,21H,4-5H2,1-3H3. The SMILES string of the molecule is CCCN=CC(C(=O)OC)=C(O)c1c(F)c(C)c(F)c(F)c1[N+](=O)[O-]. The van der Waals surface area contributed by atoms with Crippen LogP contribution in [0.2, 0.25) is 0 Å². The van der Waals surface area contributed by atoms with Crippen molar-refractivity contribution in [2.75, 3.05) is 13.7 Å². The molecule has 0 unspecified atom stereocenters. The van der Waals surface area contributed by atoms with E-state index in [2.05, 4.69) is 9.73 Å². The van der Waals surface area contributed by atoms with Crippen molar-refractivity contribution in [2.24, 2.45) is 4.99 Å². The molecule has 1 aromatic carbocycles. The van der Waals surface area contributed by atoms with Gasteiger partial charge < -0.3 is 9.84 Å². The van der Waals surface area contributed by atoms with Crippen LogP contribution in [0.15, 0.2) is 10.6 Å². The molecule has 7 nitrogen and oxygen atoms in total. The Morgan fingerprint density at radius 1 is 1.32 bits per heavy atom.